The molecule has 3 heterocycles. The van der Waals surface area contributed by atoms with Crippen LogP contribution in [0.2, 0.25) is 0 Å². The maximum atomic E-state index is 12.2. The van der Waals surface area contributed by atoms with Crippen molar-refractivity contribution in [3.05, 3.63) is 82.1 Å². The summed E-state index contributed by atoms with van der Waals surface area (Å²) in [6, 6.07) is 14.4. The molecule has 0 aliphatic carbocycles. The second-order valence-corrected chi connectivity index (χ2v) is 6.79. The summed E-state index contributed by atoms with van der Waals surface area (Å²) < 4.78 is 3.94. The highest BCUT2D eigenvalue weighted by Crippen LogP contribution is 2.17. The number of hydrogen-bond acceptors (Lipinski definition) is 4. The Morgan fingerprint density at radius 3 is 2.74 bits per heavy atom. The van der Waals surface area contributed by atoms with Crippen LogP contribution in [0.3, 0.4) is 0 Å². The lowest BCUT2D eigenvalue weighted by atomic mass is 10.3. The lowest BCUT2D eigenvalue weighted by Crippen LogP contribution is -2.26. The molecule has 4 aromatic rings. The largest absolute Gasteiger partial charge is 0.323 e. The van der Waals surface area contributed by atoms with Gasteiger partial charge in [-0.05, 0) is 46.3 Å². The molecule has 0 unspecified atom stereocenters. The van der Waals surface area contributed by atoms with Gasteiger partial charge in [-0.25, -0.2) is 9.97 Å². The summed E-state index contributed by atoms with van der Waals surface area (Å²) >= 11 is 3.29. The topological polar surface area (TPSA) is 81.8 Å². The molecule has 27 heavy (non-hydrogen) atoms. The molecule has 0 radical (unpaired) electrons. The van der Waals surface area contributed by atoms with Crippen LogP contribution >= 0.6 is 15.9 Å². The van der Waals surface area contributed by atoms with Gasteiger partial charge in [-0.15, -0.1) is 0 Å². The number of imidazole rings is 1. The summed E-state index contributed by atoms with van der Waals surface area (Å²) in [5.74, 6) is 0.391. The molecule has 1 aromatic carbocycles. The van der Waals surface area contributed by atoms with E-state index in [1.165, 1.54) is 10.6 Å². The standard InChI is InChI=1S/C19H14BrN5O2/c20-13-5-8-19(27)24(10-13)11-18(26)23-14-6-7-17(21-9-14)25-12-22-15-3-1-2-4-16(15)25/h1-10,12H,11H2,(H,23,26). The number of nitrogens with one attached hydrogen (secondary N) is 1. The van der Waals surface area contributed by atoms with Crippen LogP contribution in [0.5, 0.6) is 0 Å². The van der Waals surface area contributed by atoms with Crippen molar-refractivity contribution in [3.63, 3.8) is 0 Å². The number of aromatic nitrogens is 4. The van der Waals surface area contributed by atoms with Crippen molar-refractivity contribution in [1.82, 2.24) is 19.1 Å². The van der Waals surface area contributed by atoms with Crippen LogP contribution in [0.1, 0.15) is 0 Å². The van der Waals surface area contributed by atoms with E-state index in [-0.39, 0.29) is 18.0 Å². The van der Waals surface area contributed by atoms with E-state index in [0.29, 0.717) is 11.5 Å². The number of nitrogens with zero attached hydrogens (tertiary/aromatic N) is 4. The molecule has 7 nitrogen and oxygen atoms in total. The number of pyridine rings is 2. The van der Waals surface area contributed by atoms with Crippen molar-refractivity contribution in [2.45, 2.75) is 6.54 Å². The van der Waals surface area contributed by atoms with E-state index in [9.17, 15) is 9.59 Å². The fourth-order valence-electron chi connectivity index (χ4n) is 2.73. The Bertz CT molecular complexity index is 1180. The summed E-state index contributed by atoms with van der Waals surface area (Å²) in [6.45, 7) is -0.0772. The maximum absolute atomic E-state index is 12.2. The van der Waals surface area contributed by atoms with Crippen LogP contribution in [0.15, 0.2) is 76.5 Å². The minimum atomic E-state index is -0.308. The van der Waals surface area contributed by atoms with Gasteiger partial charge in [0.2, 0.25) is 5.91 Å². The molecule has 0 spiro atoms. The molecule has 0 bridgehead atoms. The number of benzene rings is 1. The molecule has 0 saturated carbocycles. The van der Waals surface area contributed by atoms with Gasteiger partial charge in [0.1, 0.15) is 18.7 Å². The predicted molar refractivity (Wildman–Crippen MR) is 106 cm³/mol. The lowest BCUT2D eigenvalue weighted by molar-refractivity contribution is -0.116. The summed E-state index contributed by atoms with van der Waals surface area (Å²) in [6.07, 6.45) is 4.87. The highest BCUT2D eigenvalue weighted by molar-refractivity contribution is 9.10. The number of para-hydroxylation sites is 2. The van der Waals surface area contributed by atoms with E-state index in [0.717, 1.165) is 15.5 Å². The third-order valence-corrected chi connectivity index (χ3v) is 4.46. The summed E-state index contributed by atoms with van der Waals surface area (Å²) in [4.78, 5) is 32.7. The molecule has 0 aliphatic heterocycles. The van der Waals surface area contributed by atoms with Gasteiger partial charge >= 0.3 is 0 Å². The number of anilines is 1. The van der Waals surface area contributed by atoms with Crippen LogP contribution < -0.4 is 10.9 Å². The molecular weight excluding hydrogens is 410 g/mol. The Morgan fingerprint density at radius 1 is 1.07 bits per heavy atom. The van der Waals surface area contributed by atoms with Gasteiger partial charge in [-0.3, -0.25) is 14.2 Å². The van der Waals surface area contributed by atoms with Crippen molar-refractivity contribution >= 4 is 38.6 Å². The molecule has 1 N–H and O–H groups in total. The Hall–Kier alpha value is -3.26. The number of amides is 1. The Kier molecular flexibility index (Phi) is 4.55. The highest BCUT2D eigenvalue weighted by Gasteiger charge is 2.08. The van der Waals surface area contributed by atoms with Crippen LogP contribution in [0, 0.1) is 0 Å². The normalized spacial score (nSPS) is 10.9. The molecule has 134 valence electrons. The van der Waals surface area contributed by atoms with E-state index in [1.807, 2.05) is 28.8 Å². The Morgan fingerprint density at radius 2 is 1.93 bits per heavy atom. The quantitative estimate of drug-likeness (QED) is 0.546. The first-order valence-electron chi connectivity index (χ1n) is 8.14. The van der Waals surface area contributed by atoms with E-state index < -0.39 is 0 Å². The van der Waals surface area contributed by atoms with Gasteiger partial charge in [0.05, 0.1) is 22.9 Å². The number of hydrogen-bond donors (Lipinski definition) is 1. The van der Waals surface area contributed by atoms with Crippen molar-refractivity contribution in [3.8, 4) is 5.82 Å². The summed E-state index contributed by atoms with van der Waals surface area (Å²) in [7, 11) is 0. The highest BCUT2D eigenvalue weighted by atomic mass is 79.9. The SMILES string of the molecule is O=C(Cn1cc(Br)ccc1=O)Nc1ccc(-n2cnc3ccccc32)nc1. The monoisotopic (exact) mass is 423 g/mol. The number of fused-ring (bicyclic) bond motifs is 1. The van der Waals surface area contributed by atoms with Gasteiger partial charge in [0.15, 0.2) is 0 Å². The Labute approximate surface area is 162 Å². The van der Waals surface area contributed by atoms with Crippen molar-refractivity contribution in [2.75, 3.05) is 5.32 Å². The van der Waals surface area contributed by atoms with Gasteiger partial charge in [-0.1, -0.05) is 12.1 Å². The molecular formula is C19H14BrN5O2. The molecule has 0 aliphatic rings. The number of rotatable bonds is 4. The number of carbonyl (C=O) groups excluding carboxylic acids is 1. The predicted octanol–water partition coefficient (Wildman–Crippen LogP) is 2.98. The second-order valence-electron chi connectivity index (χ2n) is 5.87. The van der Waals surface area contributed by atoms with Gasteiger partial charge in [0.25, 0.3) is 5.56 Å². The Balaban J connectivity index is 1.50. The number of halogens is 1. The van der Waals surface area contributed by atoms with Crippen LogP contribution in [0.4, 0.5) is 5.69 Å². The molecule has 1 amide bonds. The van der Waals surface area contributed by atoms with E-state index in [1.54, 1.807) is 36.9 Å². The summed E-state index contributed by atoms with van der Waals surface area (Å²) in [5, 5.41) is 2.75. The zero-order valence-electron chi connectivity index (χ0n) is 14.0. The van der Waals surface area contributed by atoms with Crippen LogP contribution in [-0.2, 0) is 11.3 Å². The molecule has 0 saturated heterocycles. The average Bonchev–Trinajstić information content (AvgIpc) is 3.09. The zero-order valence-corrected chi connectivity index (χ0v) is 15.6. The number of carbonyl (C=O) groups is 1. The average molecular weight is 424 g/mol. The fourth-order valence-corrected chi connectivity index (χ4v) is 3.10. The van der Waals surface area contributed by atoms with Crippen LogP contribution in [0.25, 0.3) is 16.9 Å². The molecule has 3 aromatic heterocycles. The molecule has 4 rings (SSSR count). The van der Waals surface area contributed by atoms with E-state index in [4.69, 9.17) is 0 Å². The van der Waals surface area contributed by atoms with Gasteiger partial charge in [0, 0.05) is 16.7 Å². The summed E-state index contributed by atoms with van der Waals surface area (Å²) in [5.41, 5.74) is 2.15. The van der Waals surface area contributed by atoms with Gasteiger partial charge < -0.3 is 9.88 Å². The molecule has 0 fully saturated rings. The van der Waals surface area contributed by atoms with E-state index in [2.05, 4.69) is 31.2 Å². The minimum Gasteiger partial charge on any atom is -0.323 e. The minimum absolute atomic E-state index is 0.0772. The van der Waals surface area contributed by atoms with Crippen molar-refractivity contribution < 1.29 is 4.79 Å². The first kappa shape index (κ1) is 17.2. The van der Waals surface area contributed by atoms with Gasteiger partial charge in [-0.2, -0.15) is 0 Å². The van der Waals surface area contributed by atoms with Crippen LogP contribution in [-0.4, -0.2) is 25.0 Å². The van der Waals surface area contributed by atoms with Crippen molar-refractivity contribution in [2.24, 2.45) is 0 Å². The molecule has 0 atom stereocenters. The fraction of sp³-hybridized carbons (Fsp3) is 0.0526. The smallest absolute Gasteiger partial charge is 0.251 e. The maximum Gasteiger partial charge on any atom is 0.251 e. The third kappa shape index (κ3) is 3.65. The third-order valence-electron chi connectivity index (χ3n) is 3.99. The zero-order chi connectivity index (χ0) is 18.8. The second kappa shape index (κ2) is 7.16. The van der Waals surface area contributed by atoms with Crippen molar-refractivity contribution in [1.29, 1.82) is 0 Å². The molecule has 8 heteroatoms. The lowest BCUT2D eigenvalue weighted by Gasteiger charge is -2.08. The first-order chi connectivity index (χ1) is 13.1. The first-order valence-corrected chi connectivity index (χ1v) is 8.94. The van der Waals surface area contributed by atoms with E-state index >= 15 is 0 Å².